The summed E-state index contributed by atoms with van der Waals surface area (Å²) in [7, 11) is 0. The van der Waals surface area contributed by atoms with Crippen molar-refractivity contribution in [1.29, 1.82) is 10.5 Å². The maximum absolute atomic E-state index is 12.7. The zero-order chi connectivity index (χ0) is 23.3. The monoisotopic (exact) mass is 442 g/mol. The largest absolute Gasteiger partial charge is 0.383 e. The van der Waals surface area contributed by atoms with Gasteiger partial charge in [-0.3, -0.25) is 4.79 Å². The van der Waals surface area contributed by atoms with Gasteiger partial charge in [-0.2, -0.15) is 10.5 Å². The summed E-state index contributed by atoms with van der Waals surface area (Å²) in [4.78, 5) is 21.1. The number of rotatable bonds is 6. The number of nitrogens with two attached hydrogens (primary N) is 1. The first-order valence-corrected chi connectivity index (χ1v) is 10.9. The Bertz CT molecular complexity index is 1240. The van der Waals surface area contributed by atoms with Gasteiger partial charge in [0, 0.05) is 11.8 Å². The molecule has 0 spiro atoms. The predicted molar refractivity (Wildman–Crippen MR) is 126 cm³/mol. The Morgan fingerprint density at radius 1 is 1.19 bits per heavy atom. The van der Waals surface area contributed by atoms with E-state index in [1.54, 1.807) is 19.2 Å². The van der Waals surface area contributed by atoms with E-state index < -0.39 is 5.25 Å². The van der Waals surface area contributed by atoms with Gasteiger partial charge < -0.3 is 11.1 Å². The second kappa shape index (κ2) is 9.95. The van der Waals surface area contributed by atoms with E-state index >= 15 is 0 Å². The summed E-state index contributed by atoms with van der Waals surface area (Å²) in [6.45, 7) is 5.67. The van der Waals surface area contributed by atoms with Gasteiger partial charge in [-0.15, -0.1) is 0 Å². The van der Waals surface area contributed by atoms with Gasteiger partial charge in [0.15, 0.2) is 0 Å². The number of benzene rings is 1. The molecule has 0 radical (unpaired) electrons. The number of aryl methyl sites for hydroxylation is 2. The summed E-state index contributed by atoms with van der Waals surface area (Å²) in [6, 6.07) is 15.5. The molecule has 3 rings (SSSR count). The number of nitriles is 2. The predicted octanol–water partition coefficient (Wildman–Crippen LogP) is 4.46. The van der Waals surface area contributed by atoms with E-state index in [1.807, 2.05) is 44.2 Å². The molecule has 0 saturated heterocycles. The van der Waals surface area contributed by atoms with Gasteiger partial charge in [-0.25, -0.2) is 9.97 Å². The summed E-state index contributed by atoms with van der Waals surface area (Å²) in [5, 5.41) is 22.1. The highest BCUT2D eigenvalue weighted by molar-refractivity contribution is 8.00. The third-order valence-corrected chi connectivity index (χ3v) is 5.98. The van der Waals surface area contributed by atoms with Crippen LogP contribution < -0.4 is 11.1 Å². The number of pyridine rings is 2. The van der Waals surface area contributed by atoms with Crippen LogP contribution in [0.15, 0.2) is 47.6 Å². The Morgan fingerprint density at radius 2 is 1.88 bits per heavy atom. The molecular weight excluding hydrogens is 420 g/mol. The number of hydrogen-bond acceptors (Lipinski definition) is 7. The summed E-state index contributed by atoms with van der Waals surface area (Å²) in [6.07, 6.45) is 2.49. The fourth-order valence-corrected chi connectivity index (χ4v) is 4.05. The van der Waals surface area contributed by atoms with Gasteiger partial charge in [0.05, 0.1) is 10.8 Å². The van der Waals surface area contributed by atoms with E-state index in [-0.39, 0.29) is 22.9 Å². The standard InChI is InChI=1S/C24H22N6OS/c1-4-16-5-7-17(8-6-16)21-18(12-25)22(27)30-24(19(21)13-26)32-15(3)23(31)29-20-11-14(2)9-10-28-20/h5-11,15H,4H2,1-3H3,(H2,27,30)(H,28,29,31). The third-order valence-electron chi connectivity index (χ3n) is 4.89. The van der Waals surface area contributed by atoms with Crippen LogP contribution in [0, 0.1) is 29.6 Å². The Labute approximate surface area is 191 Å². The van der Waals surface area contributed by atoms with Gasteiger partial charge in [-0.1, -0.05) is 43.0 Å². The molecule has 2 heterocycles. The molecule has 2 aromatic heterocycles. The van der Waals surface area contributed by atoms with Gasteiger partial charge in [0.1, 0.15) is 34.4 Å². The van der Waals surface area contributed by atoms with Crippen molar-refractivity contribution in [2.75, 3.05) is 11.1 Å². The number of anilines is 2. The molecule has 1 amide bonds. The molecule has 0 aliphatic heterocycles. The van der Waals surface area contributed by atoms with Crippen molar-refractivity contribution in [2.45, 2.75) is 37.5 Å². The van der Waals surface area contributed by atoms with Gasteiger partial charge in [-0.05, 0) is 49.1 Å². The summed E-state index contributed by atoms with van der Waals surface area (Å²) in [5.41, 5.74) is 9.69. The smallest absolute Gasteiger partial charge is 0.238 e. The molecule has 32 heavy (non-hydrogen) atoms. The van der Waals surface area contributed by atoms with Crippen LogP contribution in [0.4, 0.5) is 11.6 Å². The summed E-state index contributed by atoms with van der Waals surface area (Å²) in [5.74, 6) is 0.194. The van der Waals surface area contributed by atoms with Crippen LogP contribution in [0.25, 0.3) is 11.1 Å². The fraction of sp³-hybridized carbons (Fsp3) is 0.208. The van der Waals surface area contributed by atoms with Crippen LogP contribution in [-0.4, -0.2) is 21.1 Å². The molecule has 1 unspecified atom stereocenters. The second-order valence-electron chi connectivity index (χ2n) is 7.17. The van der Waals surface area contributed by atoms with E-state index in [2.05, 4.69) is 27.4 Å². The molecule has 1 atom stereocenters. The molecule has 3 aromatic rings. The molecule has 1 aromatic carbocycles. The molecule has 0 aliphatic carbocycles. The maximum atomic E-state index is 12.7. The van der Waals surface area contributed by atoms with Crippen LogP contribution in [0.5, 0.6) is 0 Å². The first-order chi connectivity index (χ1) is 15.4. The van der Waals surface area contributed by atoms with Crippen LogP contribution in [0.1, 0.15) is 36.1 Å². The fourth-order valence-electron chi connectivity index (χ4n) is 3.13. The highest BCUT2D eigenvalue weighted by Gasteiger charge is 2.24. The topological polar surface area (TPSA) is 128 Å². The molecular formula is C24H22N6OS. The molecule has 3 N–H and O–H groups in total. The van der Waals surface area contributed by atoms with E-state index in [1.165, 1.54) is 0 Å². The lowest BCUT2D eigenvalue weighted by Gasteiger charge is -2.16. The zero-order valence-electron chi connectivity index (χ0n) is 18.0. The lowest BCUT2D eigenvalue weighted by atomic mass is 9.96. The molecule has 7 nitrogen and oxygen atoms in total. The van der Waals surface area contributed by atoms with Crippen LogP contribution in [-0.2, 0) is 11.2 Å². The lowest BCUT2D eigenvalue weighted by Crippen LogP contribution is -2.23. The Hall–Kier alpha value is -3.88. The quantitative estimate of drug-likeness (QED) is 0.539. The minimum Gasteiger partial charge on any atom is -0.383 e. The Balaban J connectivity index is 1.97. The number of thioether (sulfide) groups is 1. The maximum Gasteiger partial charge on any atom is 0.238 e. The number of aromatic nitrogens is 2. The van der Waals surface area contributed by atoms with Gasteiger partial charge >= 0.3 is 0 Å². The molecule has 0 bridgehead atoms. The van der Waals surface area contributed by atoms with E-state index in [9.17, 15) is 15.3 Å². The van der Waals surface area contributed by atoms with Crippen molar-refractivity contribution >= 4 is 29.3 Å². The van der Waals surface area contributed by atoms with Crippen molar-refractivity contribution in [2.24, 2.45) is 0 Å². The SMILES string of the molecule is CCc1ccc(-c2c(C#N)c(N)nc(SC(C)C(=O)Nc3cc(C)ccn3)c2C#N)cc1. The summed E-state index contributed by atoms with van der Waals surface area (Å²) >= 11 is 1.11. The molecule has 160 valence electrons. The Kier molecular flexibility index (Phi) is 7.09. The van der Waals surface area contributed by atoms with Crippen molar-refractivity contribution < 1.29 is 4.79 Å². The number of hydrogen-bond donors (Lipinski definition) is 2. The Morgan fingerprint density at radius 3 is 2.47 bits per heavy atom. The molecule has 0 saturated carbocycles. The number of carbonyl (C=O) groups is 1. The zero-order valence-corrected chi connectivity index (χ0v) is 18.8. The van der Waals surface area contributed by atoms with E-state index in [4.69, 9.17) is 5.73 Å². The normalized spacial score (nSPS) is 11.3. The minimum absolute atomic E-state index is 0.0246. The van der Waals surface area contributed by atoms with Gasteiger partial charge in [0.25, 0.3) is 0 Å². The van der Waals surface area contributed by atoms with E-state index in [0.29, 0.717) is 22.0 Å². The van der Waals surface area contributed by atoms with Gasteiger partial charge in [0.2, 0.25) is 5.91 Å². The first kappa shape index (κ1) is 22.8. The molecule has 8 heteroatoms. The van der Waals surface area contributed by atoms with Crippen LogP contribution >= 0.6 is 11.8 Å². The lowest BCUT2D eigenvalue weighted by molar-refractivity contribution is -0.115. The van der Waals surface area contributed by atoms with Crippen LogP contribution in [0.2, 0.25) is 0 Å². The van der Waals surface area contributed by atoms with Crippen molar-refractivity contribution in [3.63, 3.8) is 0 Å². The van der Waals surface area contributed by atoms with E-state index in [0.717, 1.165) is 29.3 Å². The average molecular weight is 443 g/mol. The molecule has 0 aliphatic rings. The van der Waals surface area contributed by atoms with Crippen LogP contribution in [0.3, 0.4) is 0 Å². The number of nitrogens with one attached hydrogen (secondary N) is 1. The number of nitrogens with zero attached hydrogens (tertiary/aromatic N) is 4. The highest BCUT2D eigenvalue weighted by atomic mass is 32.2. The second-order valence-corrected chi connectivity index (χ2v) is 8.50. The summed E-state index contributed by atoms with van der Waals surface area (Å²) < 4.78 is 0. The first-order valence-electron chi connectivity index (χ1n) is 10.0. The molecule has 0 fully saturated rings. The minimum atomic E-state index is -0.584. The number of carbonyl (C=O) groups excluding carboxylic acids is 1. The van der Waals surface area contributed by atoms with Crippen molar-refractivity contribution in [1.82, 2.24) is 9.97 Å². The van der Waals surface area contributed by atoms with Crippen molar-refractivity contribution in [3.05, 3.63) is 64.8 Å². The third kappa shape index (κ3) is 4.88. The number of amides is 1. The number of nitrogen functional groups attached to an aromatic ring is 1. The van der Waals surface area contributed by atoms with Crippen molar-refractivity contribution in [3.8, 4) is 23.3 Å². The highest BCUT2D eigenvalue weighted by Crippen LogP contribution is 2.37. The average Bonchev–Trinajstić information content (AvgIpc) is 2.78.